The highest BCUT2D eigenvalue weighted by molar-refractivity contribution is 5.72. The minimum Gasteiger partial charge on any atom is -0.466 e. The fourth-order valence-corrected chi connectivity index (χ4v) is 3.76. The fourth-order valence-electron chi connectivity index (χ4n) is 3.76. The predicted molar refractivity (Wildman–Crippen MR) is 121 cm³/mol. The lowest BCUT2D eigenvalue weighted by molar-refractivity contribution is -0.148. The fraction of sp³-hybridized carbons (Fsp3) is 0.920. The van der Waals surface area contributed by atoms with Gasteiger partial charge in [-0.1, -0.05) is 90.4 Å². The van der Waals surface area contributed by atoms with Crippen LogP contribution in [0.25, 0.3) is 0 Å². The molecule has 0 N–H and O–H groups in total. The van der Waals surface area contributed by atoms with E-state index in [9.17, 15) is 9.59 Å². The Morgan fingerprint density at radius 3 is 1.41 bits per heavy atom. The van der Waals surface area contributed by atoms with Crippen LogP contribution in [-0.4, -0.2) is 25.2 Å². The van der Waals surface area contributed by atoms with Crippen LogP contribution in [0, 0.1) is 5.92 Å². The van der Waals surface area contributed by atoms with Crippen molar-refractivity contribution in [2.45, 2.75) is 130 Å². The first kappa shape index (κ1) is 27.9. The van der Waals surface area contributed by atoms with Gasteiger partial charge in [-0.15, -0.1) is 0 Å². The first-order valence-corrected chi connectivity index (χ1v) is 12.5. The maximum Gasteiger partial charge on any atom is 0.308 e. The molecule has 1 atom stereocenters. The van der Waals surface area contributed by atoms with E-state index >= 15 is 0 Å². The number of esters is 2. The van der Waals surface area contributed by atoms with Gasteiger partial charge < -0.3 is 9.47 Å². The predicted octanol–water partition coefficient (Wildman–Crippen LogP) is 7.38. The third-order valence-corrected chi connectivity index (χ3v) is 5.60. The highest BCUT2D eigenvalue weighted by Gasteiger charge is 2.16. The molecule has 0 saturated heterocycles. The van der Waals surface area contributed by atoms with Crippen molar-refractivity contribution in [3.63, 3.8) is 0 Å². The topological polar surface area (TPSA) is 52.6 Å². The molecule has 4 heteroatoms. The van der Waals surface area contributed by atoms with Crippen molar-refractivity contribution in [3.05, 3.63) is 0 Å². The Kier molecular flexibility index (Phi) is 20.9. The summed E-state index contributed by atoms with van der Waals surface area (Å²) >= 11 is 0. The lowest BCUT2D eigenvalue weighted by Crippen LogP contribution is -2.16. The van der Waals surface area contributed by atoms with Gasteiger partial charge in [0.25, 0.3) is 0 Å². The van der Waals surface area contributed by atoms with Gasteiger partial charge in [0.1, 0.15) is 0 Å². The summed E-state index contributed by atoms with van der Waals surface area (Å²) < 4.78 is 10.1. The number of ether oxygens (including phenoxy) is 2. The normalized spacial score (nSPS) is 12.0. The van der Waals surface area contributed by atoms with E-state index < -0.39 is 0 Å². The first-order valence-electron chi connectivity index (χ1n) is 12.5. The molecule has 0 fully saturated rings. The van der Waals surface area contributed by atoms with E-state index in [-0.39, 0.29) is 17.9 Å². The summed E-state index contributed by atoms with van der Waals surface area (Å²) in [4.78, 5) is 23.0. The van der Waals surface area contributed by atoms with Gasteiger partial charge >= 0.3 is 11.9 Å². The summed E-state index contributed by atoms with van der Waals surface area (Å²) in [5.74, 6) is 0.0496. The van der Waals surface area contributed by atoms with Crippen molar-refractivity contribution < 1.29 is 19.1 Å². The molecule has 4 nitrogen and oxygen atoms in total. The average Bonchev–Trinajstić information content (AvgIpc) is 2.70. The van der Waals surface area contributed by atoms with E-state index in [1.165, 1.54) is 70.6 Å². The number of hydrogen-bond donors (Lipinski definition) is 0. The molecule has 29 heavy (non-hydrogen) atoms. The highest BCUT2D eigenvalue weighted by Crippen LogP contribution is 2.17. The molecule has 0 radical (unpaired) electrons. The quantitative estimate of drug-likeness (QED) is 0.146. The molecular formula is C25H48O4. The van der Waals surface area contributed by atoms with Crippen molar-refractivity contribution in [3.8, 4) is 0 Å². The van der Waals surface area contributed by atoms with Crippen LogP contribution in [0.3, 0.4) is 0 Å². The number of carbonyl (C=O) groups excluding carboxylic acids is 2. The van der Waals surface area contributed by atoms with Crippen molar-refractivity contribution in [2.75, 3.05) is 13.2 Å². The Labute approximate surface area is 180 Å². The maximum absolute atomic E-state index is 11.8. The Morgan fingerprint density at radius 1 is 0.586 bits per heavy atom. The molecule has 0 bridgehead atoms. The lowest BCUT2D eigenvalue weighted by Gasteiger charge is -2.13. The lowest BCUT2D eigenvalue weighted by atomic mass is 9.97. The van der Waals surface area contributed by atoms with Crippen LogP contribution in [-0.2, 0) is 19.1 Å². The van der Waals surface area contributed by atoms with Crippen molar-refractivity contribution in [1.82, 2.24) is 0 Å². The Morgan fingerprint density at radius 2 is 1.00 bits per heavy atom. The van der Waals surface area contributed by atoms with Gasteiger partial charge in [0.2, 0.25) is 0 Å². The van der Waals surface area contributed by atoms with Gasteiger partial charge in [-0.25, -0.2) is 0 Å². The van der Waals surface area contributed by atoms with Gasteiger partial charge in [-0.05, 0) is 33.1 Å². The van der Waals surface area contributed by atoms with E-state index in [4.69, 9.17) is 9.47 Å². The van der Waals surface area contributed by atoms with Gasteiger partial charge in [0.05, 0.1) is 19.1 Å². The Bertz CT molecular complexity index is 381. The van der Waals surface area contributed by atoms with Crippen LogP contribution < -0.4 is 0 Å². The first-order chi connectivity index (χ1) is 14.2. The molecule has 0 spiro atoms. The minimum atomic E-state index is -0.0469. The Balaban J connectivity index is 3.26. The molecule has 0 aliphatic rings. The number of rotatable bonds is 21. The van der Waals surface area contributed by atoms with E-state index in [1.807, 2.05) is 13.8 Å². The molecular weight excluding hydrogens is 364 g/mol. The highest BCUT2D eigenvalue weighted by atomic mass is 16.5. The number of carbonyl (C=O) groups is 2. The smallest absolute Gasteiger partial charge is 0.308 e. The zero-order valence-electron chi connectivity index (χ0n) is 19.6. The Hall–Kier alpha value is -1.06. The minimum absolute atomic E-state index is 0.00771. The molecule has 0 aromatic heterocycles. The standard InChI is InChI=1S/C25H48O4/c1-4-23(25(27)29-6-3)21-19-17-15-13-11-9-7-8-10-12-14-16-18-20-22-24(26)28-5-2/h23H,4-22H2,1-3H3. The summed E-state index contributed by atoms with van der Waals surface area (Å²) in [6.45, 7) is 6.80. The largest absolute Gasteiger partial charge is 0.466 e. The van der Waals surface area contributed by atoms with Gasteiger partial charge in [-0.3, -0.25) is 9.59 Å². The third kappa shape index (κ3) is 18.7. The van der Waals surface area contributed by atoms with E-state index in [0.717, 1.165) is 32.1 Å². The third-order valence-electron chi connectivity index (χ3n) is 5.60. The summed E-state index contributed by atoms with van der Waals surface area (Å²) in [7, 11) is 0. The molecule has 0 saturated carbocycles. The van der Waals surface area contributed by atoms with E-state index in [1.54, 1.807) is 0 Å². The average molecular weight is 413 g/mol. The molecule has 1 unspecified atom stereocenters. The van der Waals surface area contributed by atoms with E-state index in [0.29, 0.717) is 19.6 Å². The van der Waals surface area contributed by atoms with Gasteiger partial charge in [0.15, 0.2) is 0 Å². The molecule has 172 valence electrons. The monoisotopic (exact) mass is 412 g/mol. The summed E-state index contributed by atoms with van der Waals surface area (Å²) in [6, 6.07) is 0. The second-order valence-corrected chi connectivity index (χ2v) is 8.15. The van der Waals surface area contributed by atoms with Crippen LogP contribution in [0.1, 0.15) is 130 Å². The zero-order chi connectivity index (χ0) is 21.6. The summed E-state index contributed by atoms with van der Waals surface area (Å²) in [5.41, 5.74) is 0. The van der Waals surface area contributed by atoms with Crippen molar-refractivity contribution >= 4 is 11.9 Å². The second-order valence-electron chi connectivity index (χ2n) is 8.15. The van der Waals surface area contributed by atoms with Gasteiger partial charge in [-0.2, -0.15) is 0 Å². The van der Waals surface area contributed by atoms with E-state index in [2.05, 4.69) is 6.92 Å². The van der Waals surface area contributed by atoms with Gasteiger partial charge in [0, 0.05) is 6.42 Å². The summed E-state index contributed by atoms with van der Waals surface area (Å²) in [5, 5.41) is 0. The molecule has 0 aliphatic carbocycles. The molecule has 0 aromatic carbocycles. The van der Waals surface area contributed by atoms with Crippen LogP contribution in [0.15, 0.2) is 0 Å². The van der Waals surface area contributed by atoms with Crippen LogP contribution in [0.4, 0.5) is 0 Å². The molecule has 0 heterocycles. The second kappa shape index (κ2) is 21.6. The van der Waals surface area contributed by atoms with Crippen LogP contribution >= 0.6 is 0 Å². The van der Waals surface area contributed by atoms with Crippen molar-refractivity contribution in [1.29, 1.82) is 0 Å². The number of unbranched alkanes of at least 4 members (excludes halogenated alkanes) is 13. The van der Waals surface area contributed by atoms with Crippen LogP contribution in [0.5, 0.6) is 0 Å². The molecule has 0 amide bonds. The summed E-state index contributed by atoms with van der Waals surface area (Å²) in [6.07, 6.45) is 20.3. The van der Waals surface area contributed by atoms with Crippen LogP contribution in [0.2, 0.25) is 0 Å². The molecule has 0 aliphatic heterocycles. The zero-order valence-corrected chi connectivity index (χ0v) is 19.6. The molecule has 0 aromatic rings. The maximum atomic E-state index is 11.8. The molecule has 0 rings (SSSR count). The number of hydrogen-bond acceptors (Lipinski definition) is 4. The SMILES string of the molecule is CCOC(=O)CCCCCCCCCCCCCCCCC(CC)C(=O)OCC. The van der Waals surface area contributed by atoms with Crippen molar-refractivity contribution in [2.24, 2.45) is 5.92 Å².